The lowest BCUT2D eigenvalue weighted by molar-refractivity contribution is 0.421. The van der Waals surface area contributed by atoms with E-state index in [1.807, 2.05) is 18.2 Å². The number of halogens is 1. The minimum Gasteiger partial charge on any atom is -0.308 e. The summed E-state index contributed by atoms with van der Waals surface area (Å²) >= 11 is 1.44. The number of rotatable bonds is 4. The van der Waals surface area contributed by atoms with E-state index in [9.17, 15) is 4.39 Å². The second kappa shape index (κ2) is 6.37. The van der Waals surface area contributed by atoms with Crippen molar-refractivity contribution in [3.63, 3.8) is 0 Å². The number of nitrogens with one attached hydrogen (secondary N) is 1. The van der Waals surface area contributed by atoms with Crippen LogP contribution in [0.15, 0.2) is 52.5 Å². The van der Waals surface area contributed by atoms with Crippen molar-refractivity contribution in [2.75, 3.05) is 0 Å². The van der Waals surface area contributed by atoms with Crippen molar-refractivity contribution in [3.05, 3.63) is 54.1 Å². The third kappa shape index (κ3) is 4.32. The third-order valence-corrected chi connectivity index (χ3v) is 3.90. The highest BCUT2D eigenvalue weighted by molar-refractivity contribution is 7.99. The maximum atomic E-state index is 14.1. The van der Waals surface area contributed by atoms with Crippen LogP contribution in [0.5, 0.6) is 0 Å². The molecule has 0 amide bonds. The van der Waals surface area contributed by atoms with Crippen LogP contribution in [0.25, 0.3) is 0 Å². The Kier molecular flexibility index (Phi) is 4.78. The van der Waals surface area contributed by atoms with Gasteiger partial charge in [-0.15, -0.1) is 0 Å². The summed E-state index contributed by atoms with van der Waals surface area (Å²) in [5.41, 5.74) is 0.979. The molecule has 2 nitrogen and oxygen atoms in total. The SMILES string of the molecule is CC(C)(C)NCc1cccc(F)c1Sc1ccncc1. The molecule has 0 fully saturated rings. The number of aromatic nitrogens is 1. The van der Waals surface area contributed by atoms with Crippen LogP contribution in [-0.4, -0.2) is 10.5 Å². The fourth-order valence-electron chi connectivity index (χ4n) is 1.69. The molecule has 2 aromatic rings. The molecule has 0 aliphatic heterocycles. The van der Waals surface area contributed by atoms with Crippen molar-refractivity contribution in [2.24, 2.45) is 0 Å². The van der Waals surface area contributed by atoms with Gasteiger partial charge in [0.15, 0.2) is 0 Å². The first kappa shape index (κ1) is 15.0. The van der Waals surface area contributed by atoms with Gasteiger partial charge in [0.25, 0.3) is 0 Å². The lowest BCUT2D eigenvalue weighted by Gasteiger charge is -2.21. The zero-order valence-electron chi connectivity index (χ0n) is 12.0. The first-order valence-electron chi connectivity index (χ1n) is 6.56. The first-order chi connectivity index (χ1) is 9.46. The summed E-state index contributed by atoms with van der Waals surface area (Å²) in [5.74, 6) is -0.181. The molecule has 1 aromatic heterocycles. The second-order valence-electron chi connectivity index (χ2n) is 5.62. The average Bonchev–Trinajstić information content (AvgIpc) is 2.40. The molecule has 0 unspecified atom stereocenters. The second-order valence-corrected chi connectivity index (χ2v) is 6.70. The smallest absolute Gasteiger partial charge is 0.137 e. The summed E-state index contributed by atoms with van der Waals surface area (Å²) in [7, 11) is 0. The van der Waals surface area contributed by atoms with Gasteiger partial charge in [0.1, 0.15) is 5.82 Å². The Bertz CT molecular complexity index is 564. The predicted molar refractivity (Wildman–Crippen MR) is 81.4 cm³/mol. The van der Waals surface area contributed by atoms with Crippen molar-refractivity contribution >= 4 is 11.8 Å². The van der Waals surface area contributed by atoms with Gasteiger partial charge in [-0.1, -0.05) is 23.9 Å². The number of pyridine rings is 1. The monoisotopic (exact) mass is 290 g/mol. The number of hydrogen-bond acceptors (Lipinski definition) is 3. The van der Waals surface area contributed by atoms with Gasteiger partial charge in [-0.25, -0.2) is 4.39 Å². The number of benzene rings is 1. The van der Waals surface area contributed by atoms with Crippen LogP contribution in [0.1, 0.15) is 26.3 Å². The molecule has 0 saturated carbocycles. The molecule has 1 aromatic carbocycles. The van der Waals surface area contributed by atoms with E-state index in [0.29, 0.717) is 11.4 Å². The molecule has 0 radical (unpaired) electrons. The van der Waals surface area contributed by atoms with Crippen LogP contribution in [0, 0.1) is 5.82 Å². The number of hydrogen-bond donors (Lipinski definition) is 1. The Balaban J connectivity index is 2.22. The van der Waals surface area contributed by atoms with E-state index in [4.69, 9.17) is 0 Å². The Labute approximate surface area is 123 Å². The molecule has 106 valence electrons. The maximum Gasteiger partial charge on any atom is 0.137 e. The van der Waals surface area contributed by atoms with Crippen LogP contribution in [0.4, 0.5) is 4.39 Å². The van der Waals surface area contributed by atoms with Gasteiger partial charge in [-0.05, 0) is 44.5 Å². The molecule has 0 bridgehead atoms. The molecule has 0 spiro atoms. The highest BCUT2D eigenvalue weighted by Gasteiger charge is 2.13. The quantitative estimate of drug-likeness (QED) is 0.910. The van der Waals surface area contributed by atoms with Crippen molar-refractivity contribution in [1.29, 1.82) is 0 Å². The summed E-state index contributed by atoms with van der Waals surface area (Å²) < 4.78 is 14.1. The lowest BCUT2D eigenvalue weighted by Crippen LogP contribution is -2.35. The average molecular weight is 290 g/mol. The van der Waals surface area contributed by atoms with Crippen molar-refractivity contribution < 1.29 is 4.39 Å². The van der Waals surface area contributed by atoms with Gasteiger partial charge >= 0.3 is 0 Å². The van der Waals surface area contributed by atoms with Gasteiger partial charge < -0.3 is 5.32 Å². The lowest BCUT2D eigenvalue weighted by atomic mass is 10.1. The summed E-state index contributed by atoms with van der Waals surface area (Å²) in [4.78, 5) is 5.65. The van der Waals surface area contributed by atoms with Gasteiger partial charge in [-0.2, -0.15) is 0 Å². The molecule has 4 heteroatoms. The van der Waals surface area contributed by atoms with E-state index in [-0.39, 0.29) is 11.4 Å². The summed E-state index contributed by atoms with van der Waals surface area (Å²) in [6.07, 6.45) is 3.44. The normalized spacial score (nSPS) is 11.6. The number of nitrogens with zero attached hydrogens (tertiary/aromatic N) is 1. The van der Waals surface area contributed by atoms with Crippen LogP contribution >= 0.6 is 11.8 Å². The minimum atomic E-state index is -0.181. The van der Waals surface area contributed by atoms with Crippen LogP contribution < -0.4 is 5.32 Å². The summed E-state index contributed by atoms with van der Waals surface area (Å²) in [5, 5.41) is 3.40. The molecular weight excluding hydrogens is 271 g/mol. The van der Waals surface area contributed by atoms with Gasteiger partial charge in [0, 0.05) is 29.4 Å². The van der Waals surface area contributed by atoms with E-state index >= 15 is 0 Å². The minimum absolute atomic E-state index is 0.00488. The fraction of sp³-hybridized carbons (Fsp3) is 0.312. The largest absolute Gasteiger partial charge is 0.308 e. The Morgan fingerprint density at radius 3 is 2.50 bits per heavy atom. The van der Waals surface area contributed by atoms with Gasteiger partial charge in [0.2, 0.25) is 0 Å². The molecule has 0 aliphatic carbocycles. The molecule has 1 N–H and O–H groups in total. The van der Waals surface area contributed by atoms with E-state index in [0.717, 1.165) is 10.5 Å². The highest BCUT2D eigenvalue weighted by atomic mass is 32.2. The van der Waals surface area contributed by atoms with E-state index < -0.39 is 0 Å². The van der Waals surface area contributed by atoms with Crippen LogP contribution in [-0.2, 0) is 6.54 Å². The maximum absolute atomic E-state index is 14.1. The van der Waals surface area contributed by atoms with Crippen LogP contribution in [0.2, 0.25) is 0 Å². The molecule has 0 atom stereocenters. The van der Waals surface area contributed by atoms with Gasteiger partial charge in [-0.3, -0.25) is 4.98 Å². The molecule has 0 aliphatic rings. The molecule has 0 saturated heterocycles. The topological polar surface area (TPSA) is 24.9 Å². The van der Waals surface area contributed by atoms with Gasteiger partial charge in [0.05, 0.1) is 4.90 Å². The molecule has 2 rings (SSSR count). The molecular formula is C16H19FN2S. The van der Waals surface area contributed by atoms with Crippen molar-refractivity contribution in [2.45, 2.75) is 42.6 Å². The Hall–Kier alpha value is -1.39. The third-order valence-electron chi connectivity index (χ3n) is 2.73. The first-order valence-corrected chi connectivity index (χ1v) is 7.38. The summed E-state index contributed by atoms with van der Waals surface area (Å²) in [6.45, 7) is 6.95. The Morgan fingerprint density at radius 2 is 1.85 bits per heavy atom. The predicted octanol–water partition coefficient (Wildman–Crippen LogP) is 4.26. The Morgan fingerprint density at radius 1 is 1.15 bits per heavy atom. The van der Waals surface area contributed by atoms with Crippen molar-refractivity contribution in [1.82, 2.24) is 10.3 Å². The zero-order chi connectivity index (χ0) is 14.6. The molecule has 1 heterocycles. The van der Waals surface area contributed by atoms with Crippen molar-refractivity contribution in [3.8, 4) is 0 Å². The fourth-order valence-corrected chi connectivity index (χ4v) is 2.62. The van der Waals surface area contributed by atoms with Crippen LogP contribution in [0.3, 0.4) is 0 Å². The molecule has 20 heavy (non-hydrogen) atoms. The van der Waals surface area contributed by atoms with E-state index in [2.05, 4.69) is 31.1 Å². The zero-order valence-corrected chi connectivity index (χ0v) is 12.8. The van der Waals surface area contributed by atoms with E-state index in [1.54, 1.807) is 18.5 Å². The highest BCUT2D eigenvalue weighted by Crippen LogP contribution is 2.32. The standard InChI is InChI=1S/C16H19FN2S/c1-16(2,3)19-11-12-5-4-6-14(17)15(12)20-13-7-9-18-10-8-13/h4-10,19H,11H2,1-3H3. The summed E-state index contributed by atoms with van der Waals surface area (Å²) in [6, 6.07) is 9.00. The van der Waals surface area contributed by atoms with E-state index in [1.165, 1.54) is 17.8 Å².